The van der Waals surface area contributed by atoms with Crippen LogP contribution in [0.25, 0.3) is 11.0 Å². The highest BCUT2D eigenvalue weighted by molar-refractivity contribution is 6.06. The van der Waals surface area contributed by atoms with Crippen molar-refractivity contribution in [1.82, 2.24) is 14.9 Å². The summed E-state index contributed by atoms with van der Waals surface area (Å²) in [6.07, 6.45) is 3.39. The van der Waals surface area contributed by atoms with Crippen molar-refractivity contribution in [3.05, 3.63) is 101 Å². The SMILES string of the molecule is COC(=O)c1ccc(C(=O)Nc2ccc(C3CCN(C(=O)c4ccc5cccnc5n4)CC3)cc2)c(C)c1. The number of hydrogen-bond donors (Lipinski definition) is 1. The van der Waals surface area contributed by atoms with Gasteiger partial charge < -0.3 is 15.0 Å². The van der Waals surface area contributed by atoms with Crippen molar-refractivity contribution in [3.8, 4) is 0 Å². The molecule has 0 atom stereocenters. The number of aromatic nitrogens is 2. The number of esters is 1. The summed E-state index contributed by atoms with van der Waals surface area (Å²) in [5.41, 5.74) is 4.47. The van der Waals surface area contributed by atoms with Gasteiger partial charge in [0.05, 0.1) is 12.7 Å². The molecule has 0 bridgehead atoms. The molecule has 0 saturated carbocycles. The maximum absolute atomic E-state index is 13.0. The lowest BCUT2D eigenvalue weighted by Crippen LogP contribution is -2.38. The summed E-state index contributed by atoms with van der Waals surface area (Å²) in [4.78, 5) is 48.1. The number of carbonyl (C=O) groups is 3. The zero-order chi connectivity index (χ0) is 26.6. The van der Waals surface area contributed by atoms with Gasteiger partial charge in [0.1, 0.15) is 5.69 Å². The number of rotatable bonds is 5. The number of aryl methyl sites for hydroxylation is 1. The van der Waals surface area contributed by atoms with Crippen LogP contribution in [-0.2, 0) is 4.74 Å². The van der Waals surface area contributed by atoms with Crippen LogP contribution < -0.4 is 5.32 Å². The first kappa shape index (κ1) is 25.1. The second-order valence-electron chi connectivity index (χ2n) is 9.41. The van der Waals surface area contributed by atoms with Gasteiger partial charge in [0.2, 0.25) is 0 Å². The topological polar surface area (TPSA) is 101 Å². The Morgan fingerprint density at radius 2 is 1.74 bits per heavy atom. The Bertz CT molecular complexity index is 1510. The quantitative estimate of drug-likeness (QED) is 0.381. The third-order valence-corrected chi connectivity index (χ3v) is 7.00. The van der Waals surface area contributed by atoms with Gasteiger partial charge in [-0.3, -0.25) is 9.59 Å². The maximum Gasteiger partial charge on any atom is 0.337 e. The number of likely N-dealkylation sites (tertiary alicyclic amines) is 1. The Balaban J connectivity index is 1.18. The molecular weight excluding hydrogens is 480 g/mol. The van der Waals surface area contributed by atoms with Crippen molar-refractivity contribution in [2.24, 2.45) is 0 Å². The maximum atomic E-state index is 13.0. The van der Waals surface area contributed by atoms with E-state index in [9.17, 15) is 14.4 Å². The number of fused-ring (bicyclic) bond motifs is 1. The molecule has 1 aliphatic heterocycles. The molecule has 0 aliphatic carbocycles. The van der Waals surface area contributed by atoms with Crippen molar-refractivity contribution < 1.29 is 19.1 Å². The Kier molecular flexibility index (Phi) is 7.13. The standard InChI is InChI=1S/C30H28N4O4/c1-19-18-23(30(37)38-2)7-11-25(19)28(35)32-24-9-5-20(6-10-24)21-13-16-34(17-14-21)29(36)26-12-8-22-4-3-15-31-27(22)33-26/h3-12,15,18,21H,13-14,16-17H2,1-2H3,(H,32,35). The van der Waals surface area contributed by atoms with Crippen LogP contribution in [0.15, 0.2) is 72.9 Å². The fourth-order valence-corrected chi connectivity index (χ4v) is 4.85. The van der Waals surface area contributed by atoms with E-state index in [-0.39, 0.29) is 11.8 Å². The molecule has 0 radical (unpaired) electrons. The minimum Gasteiger partial charge on any atom is -0.465 e. The van der Waals surface area contributed by atoms with Gasteiger partial charge in [-0.1, -0.05) is 12.1 Å². The molecule has 1 N–H and O–H groups in total. The van der Waals surface area contributed by atoms with Gasteiger partial charge in [-0.25, -0.2) is 14.8 Å². The molecular formula is C30H28N4O4. The Labute approximate surface area is 220 Å². The van der Waals surface area contributed by atoms with Crippen LogP contribution in [0.1, 0.15) is 61.1 Å². The van der Waals surface area contributed by atoms with Gasteiger partial charge in [-0.05, 0) is 91.4 Å². The van der Waals surface area contributed by atoms with Crippen LogP contribution in [0.4, 0.5) is 5.69 Å². The van der Waals surface area contributed by atoms with Gasteiger partial charge in [0.15, 0.2) is 5.65 Å². The number of pyridine rings is 2. The second kappa shape index (κ2) is 10.8. The molecule has 4 aromatic rings. The average Bonchev–Trinajstić information content (AvgIpc) is 2.96. The van der Waals surface area contributed by atoms with Crippen LogP contribution in [0, 0.1) is 6.92 Å². The normalized spacial score (nSPS) is 13.8. The van der Waals surface area contributed by atoms with E-state index in [4.69, 9.17) is 4.74 Å². The number of hydrogen-bond acceptors (Lipinski definition) is 6. The number of nitrogens with zero attached hydrogens (tertiary/aromatic N) is 3. The van der Waals surface area contributed by atoms with Crippen molar-refractivity contribution >= 4 is 34.5 Å². The van der Waals surface area contributed by atoms with Gasteiger partial charge in [0, 0.05) is 35.9 Å². The van der Waals surface area contributed by atoms with Gasteiger partial charge in [0.25, 0.3) is 11.8 Å². The minimum atomic E-state index is -0.437. The number of ether oxygens (including phenoxy) is 1. The monoisotopic (exact) mass is 508 g/mol. The highest BCUT2D eigenvalue weighted by Gasteiger charge is 2.25. The van der Waals surface area contributed by atoms with E-state index in [0.717, 1.165) is 18.2 Å². The zero-order valence-electron chi connectivity index (χ0n) is 21.3. The fourth-order valence-electron chi connectivity index (χ4n) is 4.85. The van der Waals surface area contributed by atoms with Crippen LogP contribution >= 0.6 is 0 Å². The summed E-state index contributed by atoms with van der Waals surface area (Å²) in [6.45, 7) is 3.10. The van der Waals surface area contributed by atoms with Crippen molar-refractivity contribution in [2.45, 2.75) is 25.7 Å². The number of amides is 2. The van der Waals surface area contributed by atoms with Crippen LogP contribution in [0.3, 0.4) is 0 Å². The molecule has 2 amide bonds. The number of methoxy groups -OCH3 is 1. The lowest BCUT2D eigenvalue weighted by atomic mass is 9.89. The summed E-state index contributed by atoms with van der Waals surface area (Å²) in [7, 11) is 1.33. The molecule has 8 heteroatoms. The van der Waals surface area contributed by atoms with Crippen LogP contribution in [0.2, 0.25) is 0 Å². The first-order valence-electron chi connectivity index (χ1n) is 12.5. The minimum absolute atomic E-state index is 0.0658. The molecule has 1 aliphatic rings. The number of piperidine rings is 1. The van der Waals surface area contributed by atoms with Gasteiger partial charge in [-0.15, -0.1) is 0 Å². The van der Waals surface area contributed by atoms with E-state index in [1.54, 1.807) is 37.4 Å². The third kappa shape index (κ3) is 5.25. The van der Waals surface area contributed by atoms with E-state index in [0.29, 0.717) is 52.7 Å². The number of benzene rings is 2. The molecule has 5 rings (SSSR count). The molecule has 1 saturated heterocycles. The third-order valence-electron chi connectivity index (χ3n) is 7.00. The first-order chi connectivity index (χ1) is 18.4. The van der Waals surface area contributed by atoms with Crippen molar-refractivity contribution in [3.63, 3.8) is 0 Å². The van der Waals surface area contributed by atoms with E-state index < -0.39 is 5.97 Å². The summed E-state index contributed by atoms with van der Waals surface area (Å²) >= 11 is 0. The molecule has 2 aromatic heterocycles. The first-order valence-corrected chi connectivity index (χ1v) is 12.5. The molecule has 38 heavy (non-hydrogen) atoms. The Morgan fingerprint density at radius 1 is 0.974 bits per heavy atom. The number of nitrogens with one attached hydrogen (secondary N) is 1. The van der Waals surface area contributed by atoms with Gasteiger partial charge >= 0.3 is 5.97 Å². The predicted octanol–water partition coefficient (Wildman–Crippen LogP) is 5.00. The second-order valence-corrected chi connectivity index (χ2v) is 9.41. The number of carbonyl (C=O) groups excluding carboxylic acids is 3. The molecule has 2 aromatic carbocycles. The van der Waals surface area contributed by atoms with E-state index in [1.165, 1.54) is 12.7 Å². The molecule has 3 heterocycles. The molecule has 0 unspecified atom stereocenters. The average molecular weight is 509 g/mol. The Morgan fingerprint density at radius 3 is 2.45 bits per heavy atom. The lowest BCUT2D eigenvalue weighted by Gasteiger charge is -2.32. The molecule has 0 spiro atoms. The summed E-state index contributed by atoms with van der Waals surface area (Å²) in [5, 5.41) is 3.84. The predicted molar refractivity (Wildman–Crippen MR) is 144 cm³/mol. The summed E-state index contributed by atoms with van der Waals surface area (Å²) < 4.78 is 4.74. The van der Waals surface area contributed by atoms with Crippen LogP contribution in [0.5, 0.6) is 0 Å². The summed E-state index contributed by atoms with van der Waals surface area (Å²) in [5.74, 6) is -0.406. The lowest BCUT2D eigenvalue weighted by molar-refractivity contribution is 0.0599. The molecule has 1 fully saturated rings. The van der Waals surface area contributed by atoms with Crippen LogP contribution in [-0.4, -0.2) is 52.9 Å². The highest BCUT2D eigenvalue weighted by atomic mass is 16.5. The van der Waals surface area contributed by atoms with Crippen molar-refractivity contribution in [1.29, 1.82) is 0 Å². The smallest absolute Gasteiger partial charge is 0.337 e. The largest absolute Gasteiger partial charge is 0.465 e. The molecule has 192 valence electrons. The van der Waals surface area contributed by atoms with Crippen molar-refractivity contribution in [2.75, 3.05) is 25.5 Å². The molecule has 8 nitrogen and oxygen atoms in total. The van der Waals surface area contributed by atoms with Gasteiger partial charge in [-0.2, -0.15) is 0 Å². The number of anilines is 1. The fraction of sp³-hybridized carbons (Fsp3) is 0.233. The zero-order valence-corrected chi connectivity index (χ0v) is 21.3. The van der Waals surface area contributed by atoms with E-state index in [2.05, 4.69) is 15.3 Å². The highest BCUT2D eigenvalue weighted by Crippen LogP contribution is 2.29. The van der Waals surface area contributed by atoms with E-state index in [1.807, 2.05) is 47.4 Å². The Hall–Kier alpha value is -4.59. The van der Waals surface area contributed by atoms with E-state index >= 15 is 0 Å². The summed E-state index contributed by atoms with van der Waals surface area (Å²) in [6, 6.07) is 20.1.